The van der Waals surface area contributed by atoms with Crippen molar-refractivity contribution < 1.29 is 9.59 Å². The summed E-state index contributed by atoms with van der Waals surface area (Å²) in [5.41, 5.74) is 2.12. The Balaban J connectivity index is 2.96. The van der Waals surface area contributed by atoms with Crippen molar-refractivity contribution >= 4 is 11.6 Å². The maximum atomic E-state index is 11.8. The van der Waals surface area contributed by atoms with E-state index < -0.39 is 0 Å². The molecule has 0 aromatic carbocycles. The minimum atomic E-state index is -0.120. The second-order valence-electron chi connectivity index (χ2n) is 3.66. The maximum Gasteiger partial charge on any atom is 0.173 e. The van der Waals surface area contributed by atoms with Crippen molar-refractivity contribution in [3.63, 3.8) is 0 Å². The topological polar surface area (TPSA) is 52.0 Å². The summed E-state index contributed by atoms with van der Waals surface area (Å²) in [6.45, 7) is 5.39. The monoisotopic (exact) mass is 208 g/mol. The zero-order chi connectivity index (χ0) is 11.6. The highest BCUT2D eigenvalue weighted by molar-refractivity contribution is 6.09. The fraction of sp³-hybridized carbons (Fsp3) is 0.545. The Hall–Kier alpha value is -1.45. The van der Waals surface area contributed by atoms with Crippen LogP contribution in [0.4, 0.5) is 0 Å². The first-order chi connectivity index (χ1) is 6.97. The van der Waals surface area contributed by atoms with E-state index >= 15 is 0 Å². The molecule has 82 valence electrons. The molecule has 0 amide bonds. The number of hydrogen-bond acceptors (Lipinski definition) is 3. The van der Waals surface area contributed by atoms with Crippen LogP contribution in [-0.2, 0) is 11.8 Å². The summed E-state index contributed by atoms with van der Waals surface area (Å²) < 4.78 is 1.67. The molecule has 0 bridgehead atoms. The lowest BCUT2D eigenvalue weighted by Gasteiger charge is -1.99. The summed E-state index contributed by atoms with van der Waals surface area (Å²) >= 11 is 0. The van der Waals surface area contributed by atoms with E-state index in [0.29, 0.717) is 17.7 Å². The Bertz CT molecular complexity index is 405. The van der Waals surface area contributed by atoms with Gasteiger partial charge in [0.15, 0.2) is 5.78 Å². The van der Waals surface area contributed by atoms with Crippen LogP contribution in [-0.4, -0.2) is 21.3 Å². The summed E-state index contributed by atoms with van der Waals surface area (Å²) in [5.74, 6) is -0.146. The van der Waals surface area contributed by atoms with Gasteiger partial charge in [0.2, 0.25) is 0 Å². The fourth-order valence-corrected chi connectivity index (χ4v) is 1.57. The lowest BCUT2D eigenvalue weighted by atomic mass is 10.0. The van der Waals surface area contributed by atoms with Gasteiger partial charge >= 0.3 is 0 Å². The second kappa shape index (κ2) is 4.38. The number of nitrogens with zero attached hydrogens (tertiary/aromatic N) is 2. The molecule has 0 radical (unpaired) electrons. The third-order valence-electron chi connectivity index (χ3n) is 2.54. The predicted octanol–water partition coefficient (Wildman–Crippen LogP) is 1.59. The van der Waals surface area contributed by atoms with Gasteiger partial charge in [0.25, 0.3) is 0 Å². The van der Waals surface area contributed by atoms with Crippen LogP contribution < -0.4 is 0 Å². The quantitative estimate of drug-likeness (QED) is 0.557. The van der Waals surface area contributed by atoms with Crippen molar-refractivity contribution in [1.82, 2.24) is 9.78 Å². The smallest absolute Gasteiger partial charge is 0.173 e. The van der Waals surface area contributed by atoms with Crippen LogP contribution in [0.2, 0.25) is 0 Å². The molecule has 0 unspecified atom stereocenters. The molecule has 4 nitrogen and oxygen atoms in total. The standard InChI is InChI=1S/C11H16N2O2/c1-5-9(14)6-10(15)11-7(2)12-13(4)8(11)3/h5-6H2,1-4H3. The van der Waals surface area contributed by atoms with Crippen LogP contribution in [0.1, 0.15) is 41.5 Å². The van der Waals surface area contributed by atoms with E-state index in [1.807, 2.05) is 6.92 Å². The van der Waals surface area contributed by atoms with Crippen LogP contribution in [0, 0.1) is 13.8 Å². The van der Waals surface area contributed by atoms with E-state index in [4.69, 9.17) is 0 Å². The highest BCUT2D eigenvalue weighted by atomic mass is 16.1. The van der Waals surface area contributed by atoms with E-state index in [1.54, 1.807) is 25.6 Å². The molecule has 0 atom stereocenters. The molecular formula is C11H16N2O2. The van der Waals surface area contributed by atoms with Crippen LogP contribution in [0.5, 0.6) is 0 Å². The van der Waals surface area contributed by atoms with Crippen LogP contribution >= 0.6 is 0 Å². The number of hydrogen-bond donors (Lipinski definition) is 0. The van der Waals surface area contributed by atoms with Gasteiger partial charge in [-0.3, -0.25) is 14.3 Å². The van der Waals surface area contributed by atoms with Crippen molar-refractivity contribution in [3.05, 3.63) is 17.0 Å². The van der Waals surface area contributed by atoms with Crippen LogP contribution in [0.15, 0.2) is 0 Å². The summed E-state index contributed by atoms with van der Waals surface area (Å²) in [7, 11) is 1.79. The normalized spacial score (nSPS) is 10.4. The molecule has 1 aromatic rings. The van der Waals surface area contributed by atoms with E-state index in [9.17, 15) is 9.59 Å². The zero-order valence-corrected chi connectivity index (χ0v) is 9.63. The second-order valence-corrected chi connectivity index (χ2v) is 3.66. The van der Waals surface area contributed by atoms with E-state index in [1.165, 1.54) is 0 Å². The third-order valence-corrected chi connectivity index (χ3v) is 2.54. The average molecular weight is 208 g/mol. The summed E-state index contributed by atoms with van der Waals surface area (Å²) in [6.07, 6.45) is 0.397. The third kappa shape index (κ3) is 2.32. The molecule has 4 heteroatoms. The number of ketones is 2. The van der Waals surface area contributed by atoms with E-state index in [2.05, 4.69) is 5.10 Å². The van der Waals surface area contributed by atoms with Gasteiger partial charge in [-0.25, -0.2) is 0 Å². The molecule has 15 heavy (non-hydrogen) atoms. The number of carbonyl (C=O) groups excluding carboxylic acids is 2. The first kappa shape index (κ1) is 11.6. The Morgan fingerprint density at radius 2 is 1.93 bits per heavy atom. The molecule has 0 aliphatic heterocycles. The Morgan fingerprint density at radius 1 is 1.33 bits per heavy atom. The zero-order valence-electron chi connectivity index (χ0n) is 9.63. The van der Waals surface area contributed by atoms with Gasteiger partial charge in [0.05, 0.1) is 17.7 Å². The lowest BCUT2D eigenvalue weighted by molar-refractivity contribution is -0.117. The summed E-state index contributed by atoms with van der Waals surface area (Å²) in [6, 6.07) is 0. The Kier molecular flexibility index (Phi) is 3.39. The molecule has 0 saturated heterocycles. The number of rotatable bonds is 4. The van der Waals surface area contributed by atoms with Gasteiger partial charge in [-0.15, -0.1) is 0 Å². The number of aryl methyl sites for hydroxylation is 2. The molecule has 0 saturated carbocycles. The first-order valence-corrected chi connectivity index (χ1v) is 5.02. The molecule has 0 aliphatic rings. The molecule has 0 spiro atoms. The molecule has 0 fully saturated rings. The molecular weight excluding hydrogens is 192 g/mol. The highest BCUT2D eigenvalue weighted by Gasteiger charge is 2.18. The minimum absolute atomic E-state index is 0.0100. The van der Waals surface area contributed by atoms with Crippen molar-refractivity contribution in [3.8, 4) is 0 Å². The summed E-state index contributed by atoms with van der Waals surface area (Å²) in [4.78, 5) is 23.0. The average Bonchev–Trinajstić information content (AvgIpc) is 2.41. The molecule has 0 N–H and O–H groups in total. The van der Waals surface area contributed by atoms with Crippen LogP contribution in [0.25, 0.3) is 0 Å². The Labute approximate surface area is 89.3 Å². The van der Waals surface area contributed by atoms with Gasteiger partial charge in [-0.1, -0.05) is 6.92 Å². The number of carbonyl (C=O) groups is 2. The maximum absolute atomic E-state index is 11.8. The van der Waals surface area contributed by atoms with Crippen molar-refractivity contribution in [1.29, 1.82) is 0 Å². The SMILES string of the molecule is CCC(=O)CC(=O)c1c(C)nn(C)c1C. The molecule has 1 rings (SSSR count). The lowest BCUT2D eigenvalue weighted by Crippen LogP contribution is -2.09. The number of aromatic nitrogens is 2. The summed E-state index contributed by atoms with van der Waals surface area (Å²) in [5, 5.41) is 4.15. The fourth-order valence-electron chi connectivity index (χ4n) is 1.57. The van der Waals surface area contributed by atoms with Crippen molar-refractivity contribution in [2.75, 3.05) is 0 Å². The van der Waals surface area contributed by atoms with E-state index in [-0.39, 0.29) is 18.0 Å². The largest absolute Gasteiger partial charge is 0.299 e. The minimum Gasteiger partial charge on any atom is -0.299 e. The van der Waals surface area contributed by atoms with E-state index in [0.717, 1.165) is 5.69 Å². The van der Waals surface area contributed by atoms with Gasteiger partial charge in [0.1, 0.15) is 5.78 Å². The first-order valence-electron chi connectivity index (χ1n) is 5.02. The number of Topliss-reactive ketones (excluding diaryl/α,β-unsaturated/α-hetero) is 2. The van der Waals surface area contributed by atoms with Gasteiger partial charge < -0.3 is 0 Å². The van der Waals surface area contributed by atoms with Crippen LogP contribution in [0.3, 0.4) is 0 Å². The molecule has 1 aromatic heterocycles. The van der Waals surface area contributed by atoms with Gasteiger partial charge in [-0.2, -0.15) is 5.10 Å². The molecule has 0 aliphatic carbocycles. The predicted molar refractivity (Wildman–Crippen MR) is 56.9 cm³/mol. The highest BCUT2D eigenvalue weighted by Crippen LogP contribution is 2.14. The van der Waals surface area contributed by atoms with Crippen molar-refractivity contribution in [2.24, 2.45) is 7.05 Å². The van der Waals surface area contributed by atoms with Crippen molar-refractivity contribution in [2.45, 2.75) is 33.6 Å². The molecule has 1 heterocycles. The van der Waals surface area contributed by atoms with Gasteiger partial charge in [0, 0.05) is 19.2 Å². The Morgan fingerprint density at radius 3 is 2.33 bits per heavy atom. The van der Waals surface area contributed by atoms with Gasteiger partial charge in [-0.05, 0) is 13.8 Å².